The van der Waals surface area contributed by atoms with Crippen molar-refractivity contribution in [2.45, 2.75) is 19.9 Å². The molecule has 0 atom stereocenters. The number of ether oxygens (including phenoxy) is 2. The molecule has 134 valence electrons. The summed E-state index contributed by atoms with van der Waals surface area (Å²) in [5.41, 5.74) is 6.86. The van der Waals surface area contributed by atoms with E-state index < -0.39 is 5.97 Å². The van der Waals surface area contributed by atoms with Gasteiger partial charge in [0.15, 0.2) is 0 Å². The highest BCUT2D eigenvalue weighted by Crippen LogP contribution is 2.23. The average molecular weight is 346 g/mol. The standard InChI is InChI=1S/C18H22N2O5/c1-12-10-15(25-17(12)18(22)24-3)11-20(9-8-16(19)21)13-4-6-14(23-2)7-5-13/h4-7,10H,8-9,11H2,1-3H3,(H2,19,21). The summed E-state index contributed by atoms with van der Waals surface area (Å²) < 4.78 is 15.5. The van der Waals surface area contributed by atoms with E-state index >= 15 is 0 Å². The Morgan fingerprint density at radius 1 is 1.20 bits per heavy atom. The van der Waals surface area contributed by atoms with Gasteiger partial charge < -0.3 is 24.5 Å². The van der Waals surface area contributed by atoms with Crippen molar-refractivity contribution >= 4 is 17.6 Å². The van der Waals surface area contributed by atoms with E-state index in [2.05, 4.69) is 0 Å². The molecule has 0 radical (unpaired) electrons. The van der Waals surface area contributed by atoms with Crippen LogP contribution >= 0.6 is 0 Å². The van der Waals surface area contributed by atoms with Crippen LogP contribution in [0.15, 0.2) is 34.7 Å². The van der Waals surface area contributed by atoms with Gasteiger partial charge in [-0.1, -0.05) is 0 Å². The van der Waals surface area contributed by atoms with Gasteiger partial charge in [0.25, 0.3) is 0 Å². The number of nitrogens with two attached hydrogens (primary N) is 1. The monoisotopic (exact) mass is 346 g/mol. The first kappa shape index (κ1) is 18.4. The van der Waals surface area contributed by atoms with Gasteiger partial charge in [-0.3, -0.25) is 4.79 Å². The Morgan fingerprint density at radius 2 is 1.88 bits per heavy atom. The highest BCUT2D eigenvalue weighted by Gasteiger charge is 2.18. The van der Waals surface area contributed by atoms with E-state index in [1.165, 1.54) is 7.11 Å². The van der Waals surface area contributed by atoms with Crippen molar-refractivity contribution < 1.29 is 23.5 Å². The SMILES string of the molecule is COC(=O)c1oc(CN(CCC(N)=O)c2ccc(OC)cc2)cc1C. The van der Waals surface area contributed by atoms with Crippen LogP contribution in [0.1, 0.15) is 28.3 Å². The molecule has 0 bridgehead atoms. The van der Waals surface area contributed by atoms with Crippen LogP contribution < -0.4 is 15.4 Å². The van der Waals surface area contributed by atoms with Crippen molar-refractivity contribution in [2.24, 2.45) is 5.73 Å². The Kier molecular flexibility index (Phi) is 6.05. The molecule has 0 saturated heterocycles. The molecular formula is C18H22N2O5. The third kappa shape index (κ3) is 4.76. The minimum Gasteiger partial charge on any atom is -0.497 e. The Balaban J connectivity index is 2.23. The third-order valence-corrected chi connectivity index (χ3v) is 3.75. The lowest BCUT2D eigenvalue weighted by Crippen LogP contribution is -2.27. The van der Waals surface area contributed by atoms with E-state index in [0.29, 0.717) is 24.4 Å². The van der Waals surface area contributed by atoms with Gasteiger partial charge in [0.05, 0.1) is 20.8 Å². The van der Waals surface area contributed by atoms with E-state index in [1.807, 2.05) is 29.2 Å². The topological polar surface area (TPSA) is 95.0 Å². The number of carbonyl (C=O) groups is 2. The van der Waals surface area contributed by atoms with E-state index in [1.54, 1.807) is 20.1 Å². The van der Waals surface area contributed by atoms with Gasteiger partial charge in [-0.15, -0.1) is 0 Å². The van der Waals surface area contributed by atoms with Crippen molar-refractivity contribution in [3.05, 3.63) is 47.4 Å². The van der Waals surface area contributed by atoms with Crippen molar-refractivity contribution in [1.82, 2.24) is 0 Å². The Morgan fingerprint density at radius 3 is 2.44 bits per heavy atom. The molecule has 0 fully saturated rings. The molecule has 1 amide bonds. The molecule has 0 aliphatic heterocycles. The summed E-state index contributed by atoms with van der Waals surface area (Å²) in [6, 6.07) is 9.22. The van der Waals surface area contributed by atoms with Gasteiger partial charge in [-0.25, -0.2) is 4.79 Å². The zero-order valence-electron chi connectivity index (χ0n) is 14.6. The van der Waals surface area contributed by atoms with Crippen molar-refractivity contribution in [2.75, 3.05) is 25.7 Å². The van der Waals surface area contributed by atoms with Crippen LogP contribution in [-0.2, 0) is 16.1 Å². The second kappa shape index (κ2) is 8.23. The first-order chi connectivity index (χ1) is 11.9. The minimum absolute atomic E-state index is 0.182. The number of nitrogens with zero attached hydrogens (tertiary/aromatic N) is 1. The van der Waals surface area contributed by atoms with Crippen LogP contribution in [0.3, 0.4) is 0 Å². The molecule has 0 aliphatic rings. The Hall–Kier alpha value is -2.96. The first-order valence-corrected chi connectivity index (χ1v) is 7.79. The largest absolute Gasteiger partial charge is 0.497 e. The third-order valence-electron chi connectivity index (χ3n) is 3.75. The maximum absolute atomic E-state index is 11.7. The molecule has 0 aliphatic carbocycles. The highest BCUT2D eigenvalue weighted by atomic mass is 16.5. The van der Waals surface area contributed by atoms with Gasteiger partial charge in [0, 0.05) is 24.2 Å². The van der Waals surface area contributed by atoms with Gasteiger partial charge in [0.1, 0.15) is 11.5 Å². The second-order valence-electron chi connectivity index (χ2n) is 5.55. The molecule has 2 rings (SSSR count). The zero-order chi connectivity index (χ0) is 18.4. The van der Waals surface area contributed by atoms with Crippen molar-refractivity contribution in [1.29, 1.82) is 0 Å². The van der Waals surface area contributed by atoms with Crippen molar-refractivity contribution in [3.63, 3.8) is 0 Å². The molecule has 7 nitrogen and oxygen atoms in total. The smallest absolute Gasteiger partial charge is 0.374 e. The average Bonchev–Trinajstić information content (AvgIpc) is 2.98. The van der Waals surface area contributed by atoms with Gasteiger partial charge in [-0.2, -0.15) is 0 Å². The number of primary amides is 1. The number of hydrogen-bond acceptors (Lipinski definition) is 6. The molecule has 0 saturated carbocycles. The summed E-state index contributed by atoms with van der Waals surface area (Å²) >= 11 is 0. The molecule has 2 N–H and O–H groups in total. The minimum atomic E-state index is -0.517. The van der Waals surface area contributed by atoms with E-state index in [0.717, 1.165) is 11.4 Å². The zero-order valence-corrected chi connectivity index (χ0v) is 14.6. The predicted octanol–water partition coefficient (Wildman–Crippen LogP) is 2.27. The van der Waals surface area contributed by atoms with Gasteiger partial charge >= 0.3 is 5.97 Å². The second-order valence-corrected chi connectivity index (χ2v) is 5.55. The molecule has 1 aromatic carbocycles. The fourth-order valence-corrected chi connectivity index (χ4v) is 2.45. The van der Waals surface area contributed by atoms with Crippen LogP contribution in [0.2, 0.25) is 0 Å². The summed E-state index contributed by atoms with van der Waals surface area (Å²) in [7, 11) is 2.90. The van der Waals surface area contributed by atoms with E-state index in [9.17, 15) is 9.59 Å². The number of hydrogen-bond donors (Lipinski definition) is 1. The normalized spacial score (nSPS) is 10.4. The summed E-state index contributed by atoms with van der Waals surface area (Å²) in [6.45, 7) is 2.59. The molecule has 0 spiro atoms. The van der Waals surface area contributed by atoms with E-state index in [-0.39, 0.29) is 18.1 Å². The lowest BCUT2D eigenvalue weighted by molar-refractivity contribution is -0.117. The maximum Gasteiger partial charge on any atom is 0.374 e. The van der Waals surface area contributed by atoms with Crippen LogP contribution in [0.25, 0.3) is 0 Å². The molecule has 1 heterocycles. The quantitative estimate of drug-likeness (QED) is 0.737. The number of methoxy groups -OCH3 is 2. The molecule has 0 unspecified atom stereocenters. The predicted molar refractivity (Wildman–Crippen MR) is 92.6 cm³/mol. The van der Waals surface area contributed by atoms with E-state index in [4.69, 9.17) is 19.6 Å². The number of anilines is 1. The van der Waals surface area contributed by atoms with Crippen LogP contribution in [0.5, 0.6) is 5.75 Å². The van der Waals surface area contributed by atoms with Crippen LogP contribution in [-0.4, -0.2) is 32.6 Å². The van der Waals surface area contributed by atoms with Gasteiger partial charge in [0.2, 0.25) is 11.7 Å². The van der Waals surface area contributed by atoms with Crippen LogP contribution in [0, 0.1) is 6.92 Å². The molecular weight excluding hydrogens is 324 g/mol. The molecule has 2 aromatic rings. The molecule has 25 heavy (non-hydrogen) atoms. The first-order valence-electron chi connectivity index (χ1n) is 7.79. The summed E-state index contributed by atoms with van der Waals surface area (Å²) in [4.78, 5) is 24.8. The number of esters is 1. The Labute approximate surface area is 146 Å². The number of furan rings is 1. The highest BCUT2D eigenvalue weighted by molar-refractivity contribution is 5.87. The maximum atomic E-state index is 11.7. The number of rotatable bonds is 8. The van der Waals surface area contributed by atoms with Crippen LogP contribution in [0.4, 0.5) is 5.69 Å². The number of amides is 1. The number of carbonyl (C=O) groups excluding carboxylic acids is 2. The van der Waals surface area contributed by atoms with Crippen molar-refractivity contribution in [3.8, 4) is 5.75 Å². The summed E-state index contributed by atoms with van der Waals surface area (Å²) in [6.07, 6.45) is 0.204. The Bertz CT molecular complexity index is 736. The lowest BCUT2D eigenvalue weighted by atomic mass is 10.2. The summed E-state index contributed by atoms with van der Waals surface area (Å²) in [5, 5.41) is 0. The fourth-order valence-electron chi connectivity index (χ4n) is 2.45. The summed E-state index contributed by atoms with van der Waals surface area (Å²) in [5.74, 6) is 0.613. The number of aryl methyl sites for hydroxylation is 1. The fraction of sp³-hybridized carbons (Fsp3) is 0.333. The lowest BCUT2D eigenvalue weighted by Gasteiger charge is -2.23. The van der Waals surface area contributed by atoms with Gasteiger partial charge in [-0.05, 0) is 37.3 Å². The molecule has 1 aromatic heterocycles. The molecule has 7 heteroatoms. The number of benzene rings is 1.